The molecule has 0 radical (unpaired) electrons. The van der Waals surface area contributed by atoms with E-state index >= 15 is 0 Å². The van der Waals surface area contributed by atoms with Crippen molar-refractivity contribution in [3.63, 3.8) is 0 Å². The second-order valence-electron chi connectivity index (χ2n) is 15.2. The van der Waals surface area contributed by atoms with E-state index in [4.69, 9.17) is 18.9 Å². The van der Waals surface area contributed by atoms with Crippen molar-refractivity contribution in [3.05, 3.63) is 24.3 Å². The predicted octanol–water partition coefficient (Wildman–Crippen LogP) is 9.04. The summed E-state index contributed by atoms with van der Waals surface area (Å²) in [5.41, 5.74) is 0. The lowest BCUT2D eigenvalue weighted by atomic mass is 9.99. The fourth-order valence-electron chi connectivity index (χ4n) is 6.50. The maximum Gasteiger partial charge on any atom is 0.335 e. The molecule has 0 aliphatic carbocycles. The van der Waals surface area contributed by atoms with Crippen LogP contribution in [0.3, 0.4) is 0 Å². The number of allylic oxidation sites excluding steroid dienone is 4. The monoisotopic (exact) mass is 783 g/mol. The highest BCUT2D eigenvalue weighted by atomic mass is 16.7. The van der Waals surface area contributed by atoms with Crippen molar-refractivity contribution < 1.29 is 53.8 Å². The maximum atomic E-state index is 12.7. The Morgan fingerprint density at radius 3 is 1.47 bits per heavy atom. The standard InChI is InChI=1S/C44H78O11/c1-3-5-7-9-11-13-15-16-17-18-19-20-21-23-24-26-28-30-32-37(45)52-34-36(35-53-44-41(49)39(47)40(48)42(55-44)43(50)51)54-38(46)33-31-29-27-25-22-14-12-10-8-6-4-2/h10,12,17-18,36,39-42,44,47-49H,3-9,11,13-16,19-35H2,1-2H3,(H,50,51)/b12-10-,18-17-. The van der Waals surface area contributed by atoms with Crippen LogP contribution < -0.4 is 0 Å². The van der Waals surface area contributed by atoms with Crippen molar-refractivity contribution in [3.8, 4) is 0 Å². The van der Waals surface area contributed by atoms with Crippen molar-refractivity contribution in [1.29, 1.82) is 0 Å². The van der Waals surface area contributed by atoms with Gasteiger partial charge in [-0.15, -0.1) is 0 Å². The van der Waals surface area contributed by atoms with E-state index in [-0.39, 0.29) is 19.4 Å². The van der Waals surface area contributed by atoms with Crippen LogP contribution in [0.2, 0.25) is 0 Å². The largest absolute Gasteiger partial charge is 0.479 e. The lowest BCUT2D eigenvalue weighted by Crippen LogP contribution is -2.60. The van der Waals surface area contributed by atoms with E-state index in [9.17, 15) is 34.8 Å². The van der Waals surface area contributed by atoms with Crippen molar-refractivity contribution in [1.82, 2.24) is 0 Å². The molecule has 0 aromatic heterocycles. The van der Waals surface area contributed by atoms with E-state index in [1.54, 1.807) is 0 Å². The zero-order valence-electron chi connectivity index (χ0n) is 34.4. The molecule has 6 unspecified atom stereocenters. The fraction of sp³-hybridized carbons (Fsp3) is 0.841. The molecule has 11 nitrogen and oxygen atoms in total. The first-order valence-electron chi connectivity index (χ1n) is 21.9. The molecule has 0 spiro atoms. The highest BCUT2D eigenvalue weighted by Gasteiger charge is 2.47. The van der Waals surface area contributed by atoms with Gasteiger partial charge in [0.2, 0.25) is 0 Å². The zero-order valence-corrected chi connectivity index (χ0v) is 34.4. The SMILES string of the molecule is CCCC/C=C\CCCCCCCC(=O)OC(COC(=O)CCCCCCCCC/C=C\CCCCCCCCC)COC1OC(C(=O)O)C(O)C(O)C1O. The van der Waals surface area contributed by atoms with Gasteiger partial charge < -0.3 is 39.4 Å². The molecule has 1 saturated heterocycles. The normalized spacial score (nSPS) is 20.6. The fourth-order valence-corrected chi connectivity index (χ4v) is 6.50. The Labute approximate surface area is 332 Å². The zero-order chi connectivity index (χ0) is 40.4. The summed E-state index contributed by atoms with van der Waals surface area (Å²) < 4.78 is 21.7. The minimum absolute atomic E-state index is 0.173. The summed E-state index contributed by atoms with van der Waals surface area (Å²) in [4.78, 5) is 36.7. The van der Waals surface area contributed by atoms with Crippen LogP contribution in [-0.4, -0.2) is 88.4 Å². The van der Waals surface area contributed by atoms with Gasteiger partial charge in [-0.25, -0.2) is 4.79 Å². The quantitative estimate of drug-likeness (QED) is 0.0272. The van der Waals surface area contributed by atoms with Crippen molar-refractivity contribution in [2.45, 2.75) is 224 Å². The summed E-state index contributed by atoms with van der Waals surface area (Å²) in [6, 6.07) is 0. The van der Waals surface area contributed by atoms with E-state index in [0.29, 0.717) is 12.8 Å². The maximum absolute atomic E-state index is 12.7. The molecule has 1 fully saturated rings. The van der Waals surface area contributed by atoms with E-state index in [1.807, 2.05) is 0 Å². The van der Waals surface area contributed by atoms with Crippen LogP contribution in [0.25, 0.3) is 0 Å². The third-order valence-electron chi connectivity index (χ3n) is 10.0. The van der Waals surface area contributed by atoms with Gasteiger partial charge in [0.1, 0.15) is 24.9 Å². The molecule has 320 valence electrons. The molecule has 0 aromatic carbocycles. The molecule has 4 N–H and O–H groups in total. The molecule has 0 saturated carbocycles. The number of aliphatic hydroxyl groups is 3. The summed E-state index contributed by atoms with van der Waals surface area (Å²) in [7, 11) is 0. The van der Waals surface area contributed by atoms with E-state index in [2.05, 4.69) is 38.2 Å². The highest BCUT2D eigenvalue weighted by Crippen LogP contribution is 2.23. The molecule has 1 aliphatic rings. The van der Waals surface area contributed by atoms with Gasteiger partial charge in [-0.05, 0) is 57.8 Å². The second kappa shape index (κ2) is 34.9. The predicted molar refractivity (Wildman–Crippen MR) is 215 cm³/mol. The number of hydrogen-bond acceptors (Lipinski definition) is 10. The number of rotatable bonds is 36. The van der Waals surface area contributed by atoms with Crippen LogP contribution in [0.1, 0.15) is 187 Å². The smallest absolute Gasteiger partial charge is 0.335 e. The second-order valence-corrected chi connectivity index (χ2v) is 15.2. The van der Waals surface area contributed by atoms with Crippen LogP contribution in [0.5, 0.6) is 0 Å². The number of unbranched alkanes of at least 4 members (excludes halogenated alkanes) is 21. The van der Waals surface area contributed by atoms with Gasteiger partial charge in [0, 0.05) is 12.8 Å². The molecule has 1 heterocycles. The van der Waals surface area contributed by atoms with Crippen LogP contribution in [0, 0.1) is 0 Å². The number of carboxylic acids is 1. The molecule has 6 atom stereocenters. The van der Waals surface area contributed by atoms with Crippen LogP contribution in [0.4, 0.5) is 0 Å². The topological polar surface area (TPSA) is 169 Å². The average Bonchev–Trinajstić information content (AvgIpc) is 3.17. The van der Waals surface area contributed by atoms with Crippen molar-refractivity contribution in [2.75, 3.05) is 13.2 Å². The summed E-state index contributed by atoms with van der Waals surface area (Å²) in [5, 5.41) is 39.7. The van der Waals surface area contributed by atoms with Crippen LogP contribution >= 0.6 is 0 Å². The average molecular weight is 783 g/mol. The minimum Gasteiger partial charge on any atom is -0.479 e. The van der Waals surface area contributed by atoms with Gasteiger partial charge in [0.05, 0.1) is 6.61 Å². The Bertz CT molecular complexity index is 1020. The number of carbonyl (C=O) groups excluding carboxylic acids is 2. The third kappa shape index (κ3) is 27.0. The summed E-state index contributed by atoms with van der Waals surface area (Å²) in [6.07, 6.45) is 28.1. The molecule has 11 heteroatoms. The van der Waals surface area contributed by atoms with Crippen LogP contribution in [-0.2, 0) is 33.3 Å². The number of aliphatic hydroxyl groups excluding tert-OH is 3. The lowest BCUT2D eigenvalue weighted by molar-refractivity contribution is -0.298. The van der Waals surface area contributed by atoms with Gasteiger partial charge in [0.25, 0.3) is 0 Å². The molecule has 0 amide bonds. The number of carboxylic acid groups (broad SMARTS) is 1. The Kier molecular flexibility index (Phi) is 32.2. The number of esters is 2. The van der Waals surface area contributed by atoms with Gasteiger partial charge in [-0.3, -0.25) is 9.59 Å². The van der Waals surface area contributed by atoms with Crippen molar-refractivity contribution >= 4 is 17.9 Å². The first-order chi connectivity index (χ1) is 26.7. The van der Waals surface area contributed by atoms with Gasteiger partial charge in [-0.2, -0.15) is 0 Å². The molecule has 55 heavy (non-hydrogen) atoms. The summed E-state index contributed by atoms with van der Waals surface area (Å²) in [6.45, 7) is 3.75. The van der Waals surface area contributed by atoms with Gasteiger partial charge in [0.15, 0.2) is 18.5 Å². The van der Waals surface area contributed by atoms with E-state index in [0.717, 1.165) is 64.2 Å². The molecule has 0 bridgehead atoms. The summed E-state index contributed by atoms with van der Waals surface area (Å²) in [5.74, 6) is -2.46. The Morgan fingerprint density at radius 2 is 0.982 bits per heavy atom. The molecule has 1 aliphatic heterocycles. The molecule has 1 rings (SSSR count). The number of carbonyl (C=O) groups is 3. The first-order valence-corrected chi connectivity index (χ1v) is 21.9. The Balaban J connectivity index is 2.36. The number of ether oxygens (including phenoxy) is 4. The number of aliphatic carboxylic acids is 1. The third-order valence-corrected chi connectivity index (χ3v) is 10.0. The molecule has 0 aromatic rings. The molecular weight excluding hydrogens is 704 g/mol. The van der Waals surface area contributed by atoms with E-state index < -0.39 is 61.3 Å². The van der Waals surface area contributed by atoms with Gasteiger partial charge in [-0.1, -0.05) is 141 Å². The lowest BCUT2D eigenvalue weighted by Gasteiger charge is -2.38. The van der Waals surface area contributed by atoms with E-state index in [1.165, 1.54) is 83.5 Å². The highest BCUT2D eigenvalue weighted by molar-refractivity contribution is 5.73. The van der Waals surface area contributed by atoms with Crippen LogP contribution in [0.15, 0.2) is 24.3 Å². The Hall–Kier alpha value is -2.31. The summed E-state index contributed by atoms with van der Waals surface area (Å²) >= 11 is 0. The minimum atomic E-state index is -1.86. The van der Waals surface area contributed by atoms with Crippen molar-refractivity contribution in [2.24, 2.45) is 0 Å². The molecular formula is C44H78O11. The number of hydrogen-bond donors (Lipinski definition) is 4. The Morgan fingerprint density at radius 1 is 0.545 bits per heavy atom. The first kappa shape index (κ1) is 50.7. The van der Waals surface area contributed by atoms with Gasteiger partial charge >= 0.3 is 17.9 Å².